The largest absolute Gasteiger partial charge is 0.448 e. The second kappa shape index (κ2) is 13.8. The number of nitrogens with one attached hydrogen (secondary N) is 2. The second-order valence-corrected chi connectivity index (χ2v) is 7.91. The Morgan fingerprint density at radius 1 is 1.11 bits per heavy atom. The van der Waals surface area contributed by atoms with Gasteiger partial charge in [0, 0.05) is 19.0 Å². The molecule has 1 aliphatic rings. The number of oxazole rings is 1. The molecule has 0 spiro atoms. The van der Waals surface area contributed by atoms with Crippen LogP contribution in [0.15, 0.2) is 10.7 Å². The number of amides is 1. The molecular formula is C22H39N3O2. The third kappa shape index (κ3) is 8.91. The van der Waals surface area contributed by atoms with Crippen LogP contribution in [0.3, 0.4) is 0 Å². The Balaban J connectivity index is 1.46. The minimum Gasteiger partial charge on any atom is -0.448 e. The summed E-state index contributed by atoms with van der Waals surface area (Å²) in [6, 6.07) is 0. The summed E-state index contributed by atoms with van der Waals surface area (Å²) in [4.78, 5) is 16.6. The summed E-state index contributed by atoms with van der Waals surface area (Å²) < 4.78 is 5.53. The van der Waals surface area contributed by atoms with E-state index in [2.05, 4.69) is 22.5 Å². The first-order valence-electron chi connectivity index (χ1n) is 11.3. The maximum absolute atomic E-state index is 12.2. The van der Waals surface area contributed by atoms with Crippen molar-refractivity contribution in [2.24, 2.45) is 0 Å². The highest BCUT2D eigenvalue weighted by atomic mass is 16.3. The van der Waals surface area contributed by atoms with E-state index in [0.29, 0.717) is 17.5 Å². The van der Waals surface area contributed by atoms with E-state index in [-0.39, 0.29) is 5.91 Å². The Morgan fingerprint density at radius 3 is 2.41 bits per heavy atom. The lowest BCUT2D eigenvalue weighted by atomic mass is 10.00. The van der Waals surface area contributed by atoms with E-state index in [9.17, 15) is 4.79 Å². The van der Waals surface area contributed by atoms with Gasteiger partial charge in [0.05, 0.1) is 0 Å². The van der Waals surface area contributed by atoms with E-state index in [1.807, 2.05) is 0 Å². The van der Waals surface area contributed by atoms with Crippen LogP contribution >= 0.6 is 0 Å². The summed E-state index contributed by atoms with van der Waals surface area (Å²) >= 11 is 0. The zero-order valence-electron chi connectivity index (χ0n) is 17.2. The number of piperidine rings is 1. The highest BCUT2D eigenvalue weighted by molar-refractivity contribution is 5.91. The van der Waals surface area contributed by atoms with Crippen LogP contribution in [0.25, 0.3) is 0 Å². The molecule has 1 fully saturated rings. The molecule has 2 N–H and O–H groups in total. The Labute approximate surface area is 165 Å². The van der Waals surface area contributed by atoms with Crippen LogP contribution in [-0.4, -0.2) is 30.5 Å². The van der Waals surface area contributed by atoms with Gasteiger partial charge in [0.15, 0.2) is 11.6 Å². The summed E-state index contributed by atoms with van der Waals surface area (Å²) in [5.74, 6) is 0.884. The van der Waals surface area contributed by atoms with Crippen molar-refractivity contribution in [3.05, 3.63) is 17.8 Å². The van der Waals surface area contributed by atoms with Gasteiger partial charge in [-0.15, -0.1) is 0 Å². The van der Waals surface area contributed by atoms with Crippen LogP contribution < -0.4 is 10.6 Å². The van der Waals surface area contributed by atoms with E-state index in [4.69, 9.17) is 4.42 Å². The van der Waals surface area contributed by atoms with Gasteiger partial charge < -0.3 is 15.1 Å². The Hall–Kier alpha value is -1.36. The summed E-state index contributed by atoms with van der Waals surface area (Å²) in [5.41, 5.74) is 0.415. The molecule has 1 unspecified atom stereocenters. The number of carbonyl (C=O) groups excluding carboxylic acids is 1. The van der Waals surface area contributed by atoms with Crippen LogP contribution in [0.2, 0.25) is 0 Å². The smallest absolute Gasteiger partial charge is 0.273 e. The number of aromatic nitrogens is 1. The predicted octanol–water partition coefficient (Wildman–Crippen LogP) is 5.18. The van der Waals surface area contributed by atoms with Crippen molar-refractivity contribution in [2.45, 2.75) is 96.3 Å². The molecule has 154 valence electrons. The molecule has 27 heavy (non-hydrogen) atoms. The van der Waals surface area contributed by atoms with Gasteiger partial charge in [-0.3, -0.25) is 4.79 Å². The van der Waals surface area contributed by atoms with Crippen LogP contribution in [0.5, 0.6) is 0 Å². The lowest BCUT2D eigenvalue weighted by Gasteiger charge is -2.19. The average molecular weight is 378 g/mol. The highest BCUT2D eigenvalue weighted by Gasteiger charge is 2.21. The number of hydrogen-bond donors (Lipinski definition) is 2. The Bertz CT molecular complexity index is 509. The zero-order chi connectivity index (χ0) is 19.2. The summed E-state index contributed by atoms with van der Waals surface area (Å²) in [5, 5.41) is 6.32. The van der Waals surface area contributed by atoms with E-state index in [0.717, 1.165) is 38.9 Å². The molecule has 1 atom stereocenters. The maximum atomic E-state index is 12.2. The number of hydrogen-bond acceptors (Lipinski definition) is 4. The molecule has 0 radical (unpaired) electrons. The number of carbonyl (C=O) groups is 1. The van der Waals surface area contributed by atoms with E-state index in [1.165, 1.54) is 70.5 Å². The first kappa shape index (κ1) is 21.9. The van der Waals surface area contributed by atoms with Crippen LogP contribution in [0.4, 0.5) is 0 Å². The Morgan fingerprint density at radius 2 is 1.78 bits per heavy atom. The molecule has 2 heterocycles. The fraction of sp³-hybridized carbons (Fsp3) is 0.818. The number of rotatable bonds is 14. The predicted molar refractivity (Wildman–Crippen MR) is 110 cm³/mol. The van der Waals surface area contributed by atoms with Gasteiger partial charge in [-0.25, -0.2) is 4.98 Å². The van der Waals surface area contributed by atoms with Crippen LogP contribution in [-0.2, 0) is 0 Å². The molecule has 5 nitrogen and oxygen atoms in total. The van der Waals surface area contributed by atoms with Crippen molar-refractivity contribution in [1.29, 1.82) is 0 Å². The molecule has 0 saturated carbocycles. The lowest BCUT2D eigenvalue weighted by molar-refractivity contribution is 0.0948. The summed E-state index contributed by atoms with van der Waals surface area (Å²) in [6.07, 6.45) is 18.2. The molecule has 1 aromatic heterocycles. The number of nitrogens with zero attached hydrogens (tertiary/aromatic N) is 1. The SMILES string of the molecule is CCCCCCCCCCCCCNC(=O)c1coc(C2CCCNC2)n1. The van der Waals surface area contributed by atoms with Crippen LogP contribution in [0.1, 0.15) is 113 Å². The first-order valence-corrected chi connectivity index (χ1v) is 11.3. The molecule has 0 aromatic carbocycles. The second-order valence-electron chi connectivity index (χ2n) is 7.91. The maximum Gasteiger partial charge on any atom is 0.273 e. The average Bonchev–Trinajstić information content (AvgIpc) is 3.20. The molecule has 5 heteroatoms. The normalized spacial score (nSPS) is 17.1. The fourth-order valence-electron chi connectivity index (χ4n) is 3.72. The fourth-order valence-corrected chi connectivity index (χ4v) is 3.72. The summed E-state index contributed by atoms with van der Waals surface area (Å²) in [7, 11) is 0. The highest BCUT2D eigenvalue weighted by Crippen LogP contribution is 2.22. The standard InChI is InChI=1S/C22H39N3O2/c1-2-3-4-5-6-7-8-9-10-11-12-16-24-21(26)20-18-27-22(25-20)19-14-13-15-23-17-19/h18-19,23H,2-17H2,1H3,(H,24,26). The molecule has 1 amide bonds. The van der Waals surface area contributed by atoms with Gasteiger partial charge in [-0.2, -0.15) is 0 Å². The first-order chi connectivity index (χ1) is 13.3. The summed E-state index contributed by atoms with van der Waals surface area (Å²) in [6.45, 7) is 4.94. The van der Waals surface area contributed by atoms with Gasteiger partial charge >= 0.3 is 0 Å². The molecule has 0 aliphatic carbocycles. The molecule has 1 aliphatic heterocycles. The van der Waals surface area contributed by atoms with Gasteiger partial charge in [-0.05, 0) is 25.8 Å². The lowest BCUT2D eigenvalue weighted by Crippen LogP contribution is -2.29. The van der Waals surface area contributed by atoms with E-state index < -0.39 is 0 Å². The minimum absolute atomic E-state index is 0.110. The van der Waals surface area contributed by atoms with Crippen molar-refractivity contribution < 1.29 is 9.21 Å². The van der Waals surface area contributed by atoms with Crippen molar-refractivity contribution in [3.63, 3.8) is 0 Å². The quantitative estimate of drug-likeness (QED) is 0.438. The molecule has 0 bridgehead atoms. The zero-order valence-corrected chi connectivity index (χ0v) is 17.2. The van der Waals surface area contributed by atoms with Crippen molar-refractivity contribution in [3.8, 4) is 0 Å². The minimum atomic E-state index is -0.110. The van der Waals surface area contributed by atoms with Crippen molar-refractivity contribution >= 4 is 5.91 Å². The monoisotopic (exact) mass is 377 g/mol. The molecule has 1 aromatic rings. The van der Waals surface area contributed by atoms with Gasteiger partial charge in [0.1, 0.15) is 6.26 Å². The molecule has 2 rings (SSSR count). The molecular weight excluding hydrogens is 338 g/mol. The van der Waals surface area contributed by atoms with E-state index in [1.54, 1.807) is 0 Å². The van der Waals surface area contributed by atoms with Crippen molar-refractivity contribution in [2.75, 3.05) is 19.6 Å². The van der Waals surface area contributed by atoms with E-state index >= 15 is 0 Å². The topological polar surface area (TPSA) is 67.2 Å². The third-order valence-corrected chi connectivity index (χ3v) is 5.47. The number of unbranched alkanes of at least 4 members (excludes halogenated alkanes) is 10. The van der Waals surface area contributed by atoms with Gasteiger partial charge in [0.2, 0.25) is 0 Å². The Kier molecular flexibility index (Phi) is 11.2. The third-order valence-electron chi connectivity index (χ3n) is 5.47. The van der Waals surface area contributed by atoms with Gasteiger partial charge in [0.25, 0.3) is 5.91 Å². The van der Waals surface area contributed by atoms with Gasteiger partial charge in [-0.1, -0.05) is 71.1 Å². The van der Waals surface area contributed by atoms with Crippen LogP contribution in [0, 0.1) is 0 Å². The molecule has 1 saturated heterocycles. The van der Waals surface area contributed by atoms with Crippen molar-refractivity contribution in [1.82, 2.24) is 15.6 Å².